The van der Waals surface area contributed by atoms with Crippen LogP contribution >= 0.6 is 11.8 Å². The molecule has 3 amide bonds. The second-order valence-electron chi connectivity index (χ2n) is 8.46. The molecule has 31 heavy (non-hydrogen) atoms. The van der Waals surface area contributed by atoms with Crippen molar-refractivity contribution in [3.63, 3.8) is 0 Å². The third kappa shape index (κ3) is 6.13. The number of thioether (sulfide) groups is 1. The van der Waals surface area contributed by atoms with E-state index in [-0.39, 0.29) is 36.2 Å². The molecular weight excluding hydrogens is 412 g/mol. The number of hydrogen-bond acceptors (Lipinski definition) is 5. The molecule has 0 spiro atoms. The lowest BCUT2D eigenvalue weighted by molar-refractivity contribution is -0.171. The van der Waals surface area contributed by atoms with E-state index in [9.17, 15) is 14.4 Å². The minimum atomic E-state index is -0.645. The highest BCUT2D eigenvalue weighted by Gasteiger charge is 2.42. The van der Waals surface area contributed by atoms with E-state index in [0.29, 0.717) is 19.4 Å². The molecule has 3 rings (SSSR count). The average molecular weight is 449 g/mol. The van der Waals surface area contributed by atoms with Gasteiger partial charge >= 0.3 is 0 Å². The minimum Gasteiger partial charge on any atom is -0.343 e. The summed E-state index contributed by atoms with van der Waals surface area (Å²) in [6.07, 6.45) is 13.0. The van der Waals surface area contributed by atoms with Gasteiger partial charge in [-0.1, -0.05) is 30.7 Å². The summed E-state index contributed by atoms with van der Waals surface area (Å²) in [6.45, 7) is 2.51. The largest absolute Gasteiger partial charge is 0.343 e. The molecule has 2 fully saturated rings. The highest BCUT2D eigenvalue weighted by atomic mass is 32.2. The van der Waals surface area contributed by atoms with Crippen LogP contribution in [0.5, 0.6) is 0 Å². The number of carbonyl (C=O) groups is 3. The standard InChI is InChI=1S/C23H36N4O3S/c1-3-19(24-2)22(29)25-20-11-12-21(28)26-14-7-10-18(27(26)23(20)30)16-31-15-13-17-8-5-4-6-9-17/h4-5,8,18-20,24H,3,6-7,9-16H2,1-2H3,(H,25,29)/t18-,19?,20-/m0/s1. The molecule has 0 radical (unpaired) electrons. The SMILES string of the molecule is CCC(NC)C(=O)N[C@H]1CCC(=O)N2CCC[C@@H](CSCCC3=CC=CCC3)N2C1=O. The molecule has 0 saturated carbocycles. The fourth-order valence-electron chi connectivity index (χ4n) is 4.49. The zero-order valence-electron chi connectivity index (χ0n) is 18.8. The third-order valence-electron chi connectivity index (χ3n) is 6.34. The first-order chi connectivity index (χ1) is 15.0. The number of hydrogen-bond donors (Lipinski definition) is 2. The summed E-state index contributed by atoms with van der Waals surface area (Å²) in [5, 5.41) is 9.21. The number of carbonyl (C=O) groups excluding carboxylic acids is 3. The second kappa shape index (κ2) is 11.7. The Morgan fingerprint density at radius 2 is 2.13 bits per heavy atom. The van der Waals surface area contributed by atoms with Gasteiger partial charge in [-0.3, -0.25) is 19.4 Å². The fourth-order valence-corrected chi connectivity index (χ4v) is 5.64. The Labute approximate surface area is 190 Å². The average Bonchev–Trinajstić information content (AvgIpc) is 2.91. The van der Waals surface area contributed by atoms with Crippen molar-refractivity contribution < 1.29 is 14.4 Å². The van der Waals surface area contributed by atoms with E-state index < -0.39 is 6.04 Å². The summed E-state index contributed by atoms with van der Waals surface area (Å²) in [7, 11) is 1.74. The lowest BCUT2D eigenvalue weighted by Crippen LogP contribution is -2.61. The van der Waals surface area contributed by atoms with Crippen molar-refractivity contribution in [2.75, 3.05) is 25.1 Å². The van der Waals surface area contributed by atoms with Crippen LogP contribution in [0.2, 0.25) is 0 Å². The van der Waals surface area contributed by atoms with Gasteiger partial charge in [-0.05, 0) is 57.7 Å². The quantitative estimate of drug-likeness (QED) is 0.530. The van der Waals surface area contributed by atoms with E-state index in [1.54, 1.807) is 17.1 Å². The number of hydrazine groups is 1. The summed E-state index contributed by atoms with van der Waals surface area (Å²) >= 11 is 1.85. The molecule has 3 atom stereocenters. The van der Waals surface area contributed by atoms with E-state index in [4.69, 9.17) is 0 Å². The van der Waals surface area contributed by atoms with Gasteiger partial charge in [-0.25, -0.2) is 5.01 Å². The van der Waals surface area contributed by atoms with Gasteiger partial charge in [0.1, 0.15) is 6.04 Å². The molecule has 0 aromatic rings. The molecule has 2 N–H and O–H groups in total. The Hall–Kier alpha value is -1.80. The Bertz CT molecular complexity index is 720. The van der Waals surface area contributed by atoms with Gasteiger partial charge in [0.25, 0.3) is 5.91 Å². The number of allylic oxidation sites excluding steroid dienone is 4. The van der Waals surface area contributed by atoms with Crippen LogP contribution in [-0.2, 0) is 14.4 Å². The van der Waals surface area contributed by atoms with Gasteiger partial charge in [0.05, 0.1) is 12.1 Å². The van der Waals surface area contributed by atoms with E-state index in [0.717, 1.165) is 43.6 Å². The first kappa shape index (κ1) is 23.9. The van der Waals surface area contributed by atoms with Crippen molar-refractivity contribution in [2.45, 2.75) is 76.4 Å². The minimum absolute atomic E-state index is 0.000736. The Balaban J connectivity index is 1.62. The van der Waals surface area contributed by atoms with Crippen molar-refractivity contribution in [2.24, 2.45) is 0 Å². The summed E-state index contributed by atoms with van der Waals surface area (Å²) in [4.78, 5) is 38.7. The molecule has 2 aliphatic heterocycles. The molecule has 1 unspecified atom stereocenters. The van der Waals surface area contributed by atoms with E-state index >= 15 is 0 Å². The van der Waals surface area contributed by atoms with Gasteiger partial charge in [0, 0.05) is 18.7 Å². The maximum Gasteiger partial charge on any atom is 0.264 e. The molecule has 2 saturated heterocycles. The van der Waals surface area contributed by atoms with Crippen LogP contribution in [0.15, 0.2) is 23.8 Å². The Kier molecular flexibility index (Phi) is 9.02. The maximum atomic E-state index is 13.4. The molecular formula is C23H36N4O3S. The summed E-state index contributed by atoms with van der Waals surface area (Å²) < 4.78 is 0. The molecule has 7 nitrogen and oxygen atoms in total. The monoisotopic (exact) mass is 448 g/mol. The van der Waals surface area contributed by atoms with Crippen LogP contribution in [0, 0.1) is 0 Å². The number of amides is 3. The molecule has 0 bridgehead atoms. The number of nitrogens with zero attached hydrogens (tertiary/aromatic N) is 2. The van der Waals surface area contributed by atoms with Crippen LogP contribution in [0.4, 0.5) is 0 Å². The van der Waals surface area contributed by atoms with E-state index in [1.165, 1.54) is 5.57 Å². The smallest absolute Gasteiger partial charge is 0.264 e. The number of nitrogens with one attached hydrogen (secondary N) is 2. The number of rotatable bonds is 9. The summed E-state index contributed by atoms with van der Waals surface area (Å²) in [6, 6.07) is -0.979. The van der Waals surface area contributed by atoms with Crippen molar-refractivity contribution in [1.82, 2.24) is 20.7 Å². The van der Waals surface area contributed by atoms with Crippen LogP contribution in [0.25, 0.3) is 0 Å². The first-order valence-corrected chi connectivity index (χ1v) is 12.7. The normalized spacial score (nSPS) is 25.0. The molecule has 0 aromatic carbocycles. The predicted octanol–water partition coefficient (Wildman–Crippen LogP) is 2.40. The van der Waals surface area contributed by atoms with Crippen LogP contribution in [-0.4, -0.2) is 71.0 Å². The van der Waals surface area contributed by atoms with Crippen molar-refractivity contribution in [1.29, 1.82) is 0 Å². The van der Waals surface area contributed by atoms with Crippen LogP contribution < -0.4 is 10.6 Å². The van der Waals surface area contributed by atoms with Crippen LogP contribution in [0.1, 0.15) is 58.3 Å². The summed E-state index contributed by atoms with van der Waals surface area (Å²) in [5.41, 5.74) is 1.49. The van der Waals surface area contributed by atoms with Gasteiger partial charge in [-0.15, -0.1) is 0 Å². The molecule has 8 heteroatoms. The zero-order chi connectivity index (χ0) is 22.2. The Morgan fingerprint density at radius 1 is 1.29 bits per heavy atom. The number of fused-ring (bicyclic) bond motifs is 1. The maximum absolute atomic E-state index is 13.4. The van der Waals surface area contributed by atoms with Crippen molar-refractivity contribution in [3.8, 4) is 0 Å². The van der Waals surface area contributed by atoms with Gasteiger partial charge in [-0.2, -0.15) is 11.8 Å². The van der Waals surface area contributed by atoms with Gasteiger partial charge < -0.3 is 10.6 Å². The molecule has 1 aliphatic carbocycles. The predicted molar refractivity (Wildman–Crippen MR) is 124 cm³/mol. The second-order valence-corrected chi connectivity index (χ2v) is 9.61. The fraction of sp³-hybridized carbons (Fsp3) is 0.696. The molecule has 0 aromatic heterocycles. The zero-order valence-corrected chi connectivity index (χ0v) is 19.6. The van der Waals surface area contributed by atoms with Crippen molar-refractivity contribution >= 4 is 29.5 Å². The first-order valence-electron chi connectivity index (χ1n) is 11.6. The van der Waals surface area contributed by atoms with Crippen molar-refractivity contribution in [3.05, 3.63) is 23.8 Å². The Morgan fingerprint density at radius 3 is 2.84 bits per heavy atom. The van der Waals surface area contributed by atoms with E-state index in [1.807, 2.05) is 18.7 Å². The lowest BCUT2D eigenvalue weighted by atomic mass is 10.0. The van der Waals surface area contributed by atoms with Gasteiger partial charge in [0.15, 0.2) is 0 Å². The molecule has 172 valence electrons. The molecule has 3 aliphatic rings. The highest BCUT2D eigenvalue weighted by molar-refractivity contribution is 7.99. The molecule has 2 heterocycles. The van der Waals surface area contributed by atoms with Crippen LogP contribution in [0.3, 0.4) is 0 Å². The summed E-state index contributed by atoms with van der Waals surface area (Å²) in [5.74, 6) is 1.50. The third-order valence-corrected chi connectivity index (χ3v) is 7.45. The number of likely N-dealkylation sites (N-methyl/N-ethyl adjacent to an activating group) is 1. The van der Waals surface area contributed by atoms with Gasteiger partial charge in [0.2, 0.25) is 11.8 Å². The highest BCUT2D eigenvalue weighted by Crippen LogP contribution is 2.27. The topological polar surface area (TPSA) is 81.8 Å². The van der Waals surface area contributed by atoms with E-state index in [2.05, 4.69) is 28.9 Å². The lowest BCUT2D eigenvalue weighted by Gasteiger charge is -2.43.